The molecule has 1 amide bonds. The van der Waals surface area contributed by atoms with Gasteiger partial charge in [0.05, 0.1) is 6.26 Å². The summed E-state index contributed by atoms with van der Waals surface area (Å²) in [6.07, 6.45) is 1.38. The fourth-order valence-corrected chi connectivity index (χ4v) is 1.72. The maximum atomic E-state index is 12.0. The Kier molecular flexibility index (Phi) is 5.41. The van der Waals surface area contributed by atoms with Crippen LogP contribution in [0, 0.1) is 0 Å². The van der Waals surface area contributed by atoms with Gasteiger partial charge in [0.15, 0.2) is 0 Å². The van der Waals surface area contributed by atoms with Crippen LogP contribution in [0.25, 0.3) is 0 Å². The van der Waals surface area contributed by atoms with E-state index in [0.29, 0.717) is 18.8 Å². The number of benzene rings is 2. The zero-order valence-corrected chi connectivity index (χ0v) is 11.6. The van der Waals surface area contributed by atoms with E-state index in [1.165, 1.54) is 6.26 Å². The highest BCUT2D eigenvalue weighted by molar-refractivity contribution is 6.04. The van der Waals surface area contributed by atoms with Gasteiger partial charge in [0, 0.05) is 11.3 Å². The molecule has 0 fully saturated rings. The lowest BCUT2D eigenvalue weighted by molar-refractivity contribution is 0.102. The largest absolute Gasteiger partial charge is 0.498 e. The fourth-order valence-electron chi connectivity index (χ4n) is 1.72. The monoisotopic (exact) mass is 283 g/mol. The van der Waals surface area contributed by atoms with Crippen LogP contribution < -0.4 is 10.1 Å². The first-order chi connectivity index (χ1) is 10.3. The van der Waals surface area contributed by atoms with E-state index in [1.54, 1.807) is 36.4 Å². The third-order valence-electron chi connectivity index (χ3n) is 2.74. The number of hydrogen-bond donors (Lipinski definition) is 1. The molecule has 0 atom stereocenters. The standard InChI is InChI=1S/C17H17NO3/c1-2-20-12-13-21-16-10-8-15(9-11-16)18-17(19)14-6-4-3-5-7-14/h2-11H,1,12-13H2,(H,18,19). The molecule has 4 heteroatoms. The summed E-state index contributed by atoms with van der Waals surface area (Å²) in [5.41, 5.74) is 1.35. The smallest absolute Gasteiger partial charge is 0.255 e. The maximum Gasteiger partial charge on any atom is 0.255 e. The Balaban J connectivity index is 1.87. The van der Waals surface area contributed by atoms with E-state index < -0.39 is 0 Å². The lowest BCUT2D eigenvalue weighted by Gasteiger charge is -2.08. The van der Waals surface area contributed by atoms with E-state index in [-0.39, 0.29) is 5.91 Å². The van der Waals surface area contributed by atoms with Gasteiger partial charge in [-0.05, 0) is 36.4 Å². The molecule has 2 rings (SSSR count). The van der Waals surface area contributed by atoms with Gasteiger partial charge in [-0.3, -0.25) is 4.79 Å². The first kappa shape index (κ1) is 14.7. The summed E-state index contributed by atoms with van der Waals surface area (Å²) >= 11 is 0. The summed E-state index contributed by atoms with van der Waals surface area (Å²) in [7, 11) is 0. The first-order valence-electron chi connectivity index (χ1n) is 6.61. The molecule has 21 heavy (non-hydrogen) atoms. The van der Waals surface area contributed by atoms with Crippen molar-refractivity contribution in [1.82, 2.24) is 0 Å². The first-order valence-corrected chi connectivity index (χ1v) is 6.61. The number of anilines is 1. The van der Waals surface area contributed by atoms with Gasteiger partial charge in [0.1, 0.15) is 19.0 Å². The van der Waals surface area contributed by atoms with Gasteiger partial charge in [-0.15, -0.1) is 0 Å². The van der Waals surface area contributed by atoms with E-state index in [0.717, 1.165) is 11.4 Å². The molecule has 0 aliphatic heterocycles. The van der Waals surface area contributed by atoms with Crippen molar-refractivity contribution in [3.05, 3.63) is 73.0 Å². The number of carbonyl (C=O) groups excluding carboxylic acids is 1. The van der Waals surface area contributed by atoms with Gasteiger partial charge in [0.2, 0.25) is 0 Å². The minimum atomic E-state index is -0.136. The molecule has 2 aromatic rings. The molecule has 0 spiro atoms. The minimum absolute atomic E-state index is 0.136. The molecule has 0 bridgehead atoms. The molecule has 2 aromatic carbocycles. The predicted molar refractivity (Wildman–Crippen MR) is 82.5 cm³/mol. The number of nitrogens with one attached hydrogen (secondary N) is 1. The lowest BCUT2D eigenvalue weighted by atomic mass is 10.2. The van der Waals surface area contributed by atoms with E-state index in [9.17, 15) is 4.79 Å². The van der Waals surface area contributed by atoms with Crippen LogP contribution in [0.4, 0.5) is 5.69 Å². The number of carbonyl (C=O) groups is 1. The van der Waals surface area contributed by atoms with Crippen molar-refractivity contribution in [2.24, 2.45) is 0 Å². The van der Waals surface area contributed by atoms with Crippen LogP contribution in [0.2, 0.25) is 0 Å². The van der Waals surface area contributed by atoms with Gasteiger partial charge >= 0.3 is 0 Å². The van der Waals surface area contributed by atoms with Gasteiger partial charge in [-0.25, -0.2) is 0 Å². The minimum Gasteiger partial charge on any atom is -0.498 e. The summed E-state index contributed by atoms with van der Waals surface area (Å²) in [5, 5.41) is 2.83. The normalized spacial score (nSPS) is 9.71. The van der Waals surface area contributed by atoms with Crippen molar-refractivity contribution in [3.63, 3.8) is 0 Å². The highest BCUT2D eigenvalue weighted by atomic mass is 16.5. The quantitative estimate of drug-likeness (QED) is 0.625. The molecular weight excluding hydrogens is 266 g/mol. The Morgan fingerprint density at radius 3 is 2.43 bits per heavy atom. The van der Waals surface area contributed by atoms with E-state index in [4.69, 9.17) is 9.47 Å². The molecule has 0 saturated carbocycles. The van der Waals surface area contributed by atoms with E-state index in [2.05, 4.69) is 11.9 Å². The Morgan fingerprint density at radius 2 is 1.76 bits per heavy atom. The highest BCUT2D eigenvalue weighted by Gasteiger charge is 2.04. The van der Waals surface area contributed by atoms with E-state index in [1.807, 2.05) is 18.2 Å². The van der Waals surface area contributed by atoms with Gasteiger partial charge < -0.3 is 14.8 Å². The second kappa shape index (κ2) is 7.75. The van der Waals surface area contributed by atoms with Gasteiger partial charge in [-0.1, -0.05) is 24.8 Å². The van der Waals surface area contributed by atoms with Crippen LogP contribution in [0.15, 0.2) is 67.4 Å². The summed E-state index contributed by atoms with van der Waals surface area (Å²) in [4.78, 5) is 12.0. The van der Waals surface area contributed by atoms with Crippen molar-refractivity contribution < 1.29 is 14.3 Å². The van der Waals surface area contributed by atoms with Gasteiger partial charge in [0.25, 0.3) is 5.91 Å². The molecule has 0 aliphatic carbocycles. The highest BCUT2D eigenvalue weighted by Crippen LogP contribution is 2.16. The molecule has 0 saturated heterocycles. The molecule has 1 N–H and O–H groups in total. The molecule has 0 radical (unpaired) electrons. The second-order valence-electron chi connectivity index (χ2n) is 4.23. The Morgan fingerprint density at radius 1 is 1.05 bits per heavy atom. The summed E-state index contributed by atoms with van der Waals surface area (Å²) in [6, 6.07) is 16.3. The molecule has 108 valence electrons. The predicted octanol–water partition coefficient (Wildman–Crippen LogP) is 3.48. The van der Waals surface area contributed by atoms with Crippen LogP contribution in [0.3, 0.4) is 0 Å². The molecular formula is C17H17NO3. The SMILES string of the molecule is C=COCCOc1ccc(NC(=O)c2ccccc2)cc1. The van der Waals surface area contributed by atoms with Crippen LogP contribution in [0.5, 0.6) is 5.75 Å². The Bertz CT molecular complexity index is 579. The zero-order chi connectivity index (χ0) is 14.9. The summed E-state index contributed by atoms with van der Waals surface area (Å²) < 4.78 is 10.4. The van der Waals surface area contributed by atoms with E-state index >= 15 is 0 Å². The molecule has 0 heterocycles. The Hall–Kier alpha value is -2.75. The Labute approximate surface area is 124 Å². The average Bonchev–Trinajstić information content (AvgIpc) is 2.54. The molecule has 0 unspecified atom stereocenters. The number of rotatable bonds is 7. The topological polar surface area (TPSA) is 47.6 Å². The van der Waals surface area contributed by atoms with Crippen LogP contribution in [0.1, 0.15) is 10.4 Å². The molecule has 4 nitrogen and oxygen atoms in total. The van der Waals surface area contributed by atoms with Crippen molar-refractivity contribution in [2.45, 2.75) is 0 Å². The number of amides is 1. The lowest BCUT2D eigenvalue weighted by Crippen LogP contribution is -2.11. The second-order valence-corrected chi connectivity index (χ2v) is 4.23. The maximum absolute atomic E-state index is 12.0. The zero-order valence-electron chi connectivity index (χ0n) is 11.6. The van der Waals surface area contributed by atoms with Crippen molar-refractivity contribution in [3.8, 4) is 5.75 Å². The molecule has 0 aliphatic rings. The van der Waals surface area contributed by atoms with Crippen LogP contribution in [-0.2, 0) is 4.74 Å². The molecule has 0 aromatic heterocycles. The van der Waals surface area contributed by atoms with Gasteiger partial charge in [-0.2, -0.15) is 0 Å². The summed E-state index contributed by atoms with van der Waals surface area (Å²) in [5.74, 6) is 0.587. The van der Waals surface area contributed by atoms with Crippen LogP contribution in [-0.4, -0.2) is 19.1 Å². The third-order valence-corrected chi connectivity index (χ3v) is 2.74. The summed E-state index contributed by atoms with van der Waals surface area (Å²) in [6.45, 7) is 4.35. The van der Waals surface area contributed by atoms with Crippen LogP contribution >= 0.6 is 0 Å². The number of ether oxygens (including phenoxy) is 2. The van der Waals surface area contributed by atoms with Crippen molar-refractivity contribution in [1.29, 1.82) is 0 Å². The van der Waals surface area contributed by atoms with Crippen molar-refractivity contribution in [2.75, 3.05) is 18.5 Å². The average molecular weight is 283 g/mol. The fraction of sp³-hybridized carbons (Fsp3) is 0.118. The number of hydrogen-bond acceptors (Lipinski definition) is 3. The third kappa shape index (κ3) is 4.69. The van der Waals surface area contributed by atoms with Crippen molar-refractivity contribution >= 4 is 11.6 Å².